The first-order valence-electron chi connectivity index (χ1n) is 7.73. The van der Waals surface area contributed by atoms with Crippen LogP contribution in [0.25, 0.3) is 11.1 Å². The first-order chi connectivity index (χ1) is 10.3. The zero-order valence-corrected chi connectivity index (χ0v) is 13.1. The van der Waals surface area contributed by atoms with E-state index in [1.807, 2.05) is 19.9 Å². The third-order valence-electron chi connectivity index (χ3n) is 4.18. The highest BCUT2D eigenvalue weighted by Crippen LogP contribution is 2.45. The van der Waals surface area contributed by atoms with Crippen molar-refractivity contribution in [1.29, 1.82) is 0 Å². The molecule has 1 aliphatic rings. The van der Waals surface area contributed by atoms with Gasteiger partial charge in [0.15, 0.2) is 0 Å². The van der Waals surface area contributed by atoms with Crippen LogP contribution in [-0.2, 0) is 11.8 Å². The van der Waals surface area contributed by atoms with Crippen LogP contribution < -0.4 is 0 Å². The molecule has 0 aliphatic heterocycles. The van der Waals surface area contributed by atoms with Crippen molar-refractivity contribution in [3.8, 4) is 11.1 Å². The fraction of sp³-hybridized carbons (Fsp3) is 0.238. The number of hydrogen-bond donors (Lipinski definition) is 0. The van der Waals surface area contributed by atoms with E-state index in [9.17, 15) is 0 Å². The molecule has 1 atom stereocenters. The molecule has 0 nitrogen and oxygen atoms in total. The van der Waals surface area contributed by atoms with Crippen molar-refractivity contribution in [3.05, 3.63) is 85.0 Å². The van der Waals surface area contributed by atoms with Crippen molar-refractivity contribution in [2.75, 3.05) is 0 Å². The van der Waals surface area contributed by atoms with Crippen LogP contribution in [0.1, 0.15) is 31.4 Å². The van der Waals surface area contributed by atoms with E-state index >= 15 is 0 Å². The number of allylic oxidation sites excluding steroid dienone is 2. The van der Waals surface area contributed by atoms with Gasteiger partial charge in [0.1, 0.15) is 0 Å². The number of hydrogen-bond acceptors (Lipinski definition) is 0. The molecule has 0 heteroatoms. The highest BCUT2D eigenvalue weighted by Gasteiger charge is 2.34. The van der Waals surface area contributed by atoms with E-state index in [-0.39, 0.29) is 5.41 Å². The second kappa shape index (κ2) is 6.58. The molecule has 0 saturated carbocycles. The zero-order chi connectivity index (χ0) is 15.3. The minimum absolute atomic E-state index is 0.00725. The molecule has 1 aliphatic carbocycles. The highest BCUT2D eigenvalue weighted by molar-refractivity contribution is 5.75. The van der Waals surface area contributed by atoms with Crippen LogP contribution in [0.3, 0.4) is 0 Å². The van der Waals surface area contributed by atoms with E-state index in [1.165, 1.54) is 22.3 Å². The van der Waals surface area contributed by atoms with Gasteiger partial charge in [-0.05, 0) is 35.1 Å². The smallest absolute Gasteiger partial charge is 0.0210 e. The summed E-state index contributed by atoms with van der Waals surface area (Å²) in [5.41, 5.74) is 5.48. The average molecular weight is 276 g/mol. The summed E-state index contributed by atoms with van der Waals surface area (Å²) in [7, 11) is 0. The molecule has 3 rings (SSSR count). The third-order valence-corrected chi connectivity index (χ3v) is 4.18. The summed E-state index contributed by atoms with van der Waals surface area (Å²) in [6, 6.07) is 17.4. The maximum atomic E-state index is 4.10. The lowest BCUT2D eigenvalue weighted by atomic mass is 9.66. The Morgan fingerprint density at radius 3 is 2.24 bits per heavy atom. The van der Waals surface area contributed by atoms with Gasteiger partial charge in [-0.1, -0.05) is 74.5 Å². The minimum Gasteiger partial charge on any atom is -0.103 e. The Morgan fingerprint density at radius 2 is 1.57 bits per heavy atom. The lowest BCUT2D eigenvalue weighted by Gasteiger charge is -2.37. The summed E-state index contributed by atoms with van der Waals surface area (Å²) in [5, 5.41) is 0. The van der Waals surface area contributed by atoms with Gasteiger partial charge in [0.25, 0.3) is 0 Å². The highest BCUT2D eigenvalue weighted by atomic mass is 14.4. The van der Waals surface area contributed by atoms with Crippen molar-refractivity contribution in [2.45, 2.75) is 32.1 Å². The van der Waals surface area contributed by atoms with Crippen molar-refractivity contribution in [3.63, 3.8) is 0 Å². The molecule has 1 unspecified atom stereocenters. The van der Waals surface area contributed by atoms with E-state index in [1.54, 1.807) is 0 Å². The molecule has 2 aromatic rings. The van der Waals surface area contributed by atoms with Crippen molar-refractivity contribution < 1.29 is 0 Å². The van der Waals surface area contributed by atoms with Gasteiger partial charge in [-0.25, -0.2) is 0 Å². The van der Waals surface area contributed by atoms with Crippen LogP contribution in [0.5, 0.6) is 0 Å². The Balaban J connectivity index is 0.000000774. The average Bonchev–Trinajstić information content (AvgIpc) is 2.57. The fourth-order valence-corrected chi connectivity index (χ4v) is 3.23. The van der Waals surface area contributed by atoms with Crippen molar-refractivity contribution in [1.82, 2.24) is 0 Å². The van der Waals surface area contributed by atoms with E-state index in [0.717, 1.165) is 12.8 Å². The largest absolute Gasteiger partial charge is 0.103 e. The summed E-state index contributed by atoms with van der Waals surface area (Å²) in [5.74, 6) is 0. The monoisotopic (exact) mass is 276 g/mol. The van der Waals surface area contributed by atoms with E-state index in [2.05, 4.69) is 67.8 Å². The number of fused-ring (bicyclic) bond motifs is 3. The summed E-state index contributed by atoms with van der Waals surface area (Å²) < 4.78 is 0. The van der Waals surface area contributed by atoms with Crippen LogP contribution >= 0.6 is 0 Å². The molecule has 0 radical (unpaired) electrons. The summed E-state index contributed by atoms with van der Waals surface area (Å²) in [4.78, 5) is 0. The van der Waals surface area contributed by atoms with Crippen molar-refractivity contribution in [2.24, 2.45) is 0 Å². The Hall–Kier alpha value is -2.08. The maximum Gasteiger partial charge on any atom is 0.0210 e. The molecule has 0 spiro atoms. The Morgan fingerprint density at radius 1 is 0.952 bits per heavy atom. The Labute approximate surface area is 128 Å². The Bertz CT molecular complexity index is 636. The molecule has 0 fully saturated rings. The van der Waals surface area contributed by atoms with Gasteiger partial charge < -0.3 is 0 Å². The molecule has 0 bridgehead atoms. The summed E-state index contributed by atoms with van der Waals surface area (Å²) >= 11 is 0. The standard InChI is InChI=1S/C19H18.C2H6/c1-3-13-19(4-2)14-15-9-5-6-10-16(15)17-11-7-8-12-18(17)19;1-2/h3-12H,1-2,13-14H2;1-2H3. The first kappa shape index (κ1) is 15.3. The fourth-order valence-electron chi connectivity index (χ4n) is 3.23. The van der Waals surface area contributed by atoms with Gasteiger partial charge in [-0.3, -0.25) is 0 Å². The molecule has 0 aromatic heterocycles. The molecule has 0 saturated heterocycles. The lowest BCUT2D eigenvalue weighted by Crippen LogP contribution is -2.29. The normalized spacial score (nSPS) is 18.6. The molecule has 2 aromatic carbocycles. The first-order valence-corrected chi connectivity index (χ1v) is 7.73. The van der Waals surface area contributed by atoms with Gasteiger partial charge in [-0.15, -0.1) is 13.2 Å². The molecule has 0 amide bonds. The van der Waals surface area contributed by atoms with Crippen molar-refractivity contribution >= 4 is 0 Å². The quantitative estimate of drug-likeness (QED) is 0.609. The van der Waals surface area contributed by atoms with Crippen LogP contribution in [0, 0.1) is 0 Å². The molecule has 21 heavy (non-hydrogen) atoms. The van der Waals surface area contributed by atoms with Gasteiger partial charge in [0.2, 0.25) is 0 Å². The van der Waals surface area contributed by atoms with E-state index in [4.69, 9.17) is 0 Å². The van der Waals surface area contributed by atoms with Gasteiger partial charge in [0, 0.05) is 5.41 Å². The van der Waals surface area contributed by atoms with Crippen LogP contribution in [-0.4, -0.2) is 0 Å². The maximum absolute atomic E-state index is 4.10. The predicted molar refractivity (Wildman–Crippen MR) is 93.6 cm³/mol. The van der Waals surface area contributed by atoms with Crippen LogP contribution in [0.15, 0.2) is 73.8 Å². The SMILES string of the molecule is C=CCC1(C=C)Cc2ccccc2-c2ccccc21.CC. The van der Waals surface area contributed by atoms with Crippen LogP contribution in [0.2, 0.25) is 0 Å². The third kappa shape index (κ3) is 2.58. The molecule has 0 N–H and O–H groups in total. The number of benzene rings is 2. The topological polar surface area (TPSA) is 0 Å². The number of rotatable bonds is 3. The Kier molecular flexibility index (Phi) is 4.80. The molecule has 108 valence electrons. The van der Waals surface area contributed by atoms with Gasteiger partial charge >= 0.3 is 0 Å². The molecule has 0 heterocycles. The van der Waals surface area contributed by atoms with Gasteiger partial charge in [-0.2, -0.15) is 0 Å². The summed E-state index contributed by atoms with van der Waals surface area (Å²) in [6.45, 7) is 12.0. The zero-order valence-electron chi connectivity index (χ0n) is 13.1. The minimum atomic E-state index is -0.00725. The summed E-state index contributed by atoms with van der Waals surface area (Å²) in [6.07, 6.45) is 6.05. The van der Waals surface area contributed by atoms with E-state index < -0.39 is 0 Å². The van der Waals surface area contributed by atoms with E-state index in [0.29, 0.717) is 0 Å². The molecular formula is C21H24. The van der Waals surface area contributed by atoms with Crippen LogP contribution in [0.4, 0.5) is 0 Å². The lowest BCUT2D eigenvalue weighted by molar-refractivity contribution is 0.535. The second-order valence-electron chi connectivity index (χ2n) is 5.23. The molecular weight excluding hydrogens is 252 g/mol. The second-order valence-corrected chi connectivity index (χ2v) is 5.23. The van der Waals surface area contributed by atoms with Gasteiger partial charge in [0.05, 0.1) is 0 Å². The predicted octanol–water partition coefficient (Wildman–Crippen LogP) is 5.94.